The van der Waals surface area contributed by atoms with E-state index in [4.69, 9.17) is 0 Å². The van der Waals surface area contributed by atoms with Gasteiger partial charge in [0.1, 0.15) is 5.82 Å². The number of nitrogens with zero attached hydrogens (tertiary/aromatic N) is 1. The van der Waals surface area contributed by atoms with Crippen LogP contribution in [0.15, 0.2) is 59.5 Å². The summed E-state index contributed by atoms with van der Waals surface area (Å²) < 4.78 is 0. The van der Waals surface area contributed by atoms with Crippen molar-refractivity contribution in [2.75, 3.05) is 5.32 Å². The summed E-state index contributed by atoms with van der Waals surface area (Å²) in [6.45, 7) is 0. The number of hydrogen-bond donors (Lipinski definition) is 2. The third-order valence-electron chi connectivity index (χ3n) is 3.18. The molecule has 5 nitrogen and oxygen atoms in total. The Bertz CT molecular complexity index is 850. The molecule has 0 saturated heterocycles. The lowest BCUT2D eigenvalue weighted by molar-refractivity contribution is -0.115. The lowest BCUT2D eigenvalue weighted by Gasteiger charge is -2.07. The smallest absolute Gasteiger partial charge is 0.312 e. The van der Waals surface area contributed by atoms with E-state index in [9.17, 15) is 9.59 Å². The second kappa shape index (κ2) is 5.58. The zero-order chi connectivity index (χ0) is 14.7. The van der Waals surface area contributed by atoms with E-state index >= 15 is 0 Å². The molecule has 0 bridgehead atoms. The molecule has 2 N–H and O–H groups in total. The molecule has 5 heteroatoms. The maximum atomic E-state index is 12.1. The van der Waals surface area contributed by atoms with Gasteiger partial charge in [-0.25, -0.2) is 9.78 Å². The van der Waals surface area contributed by atoms with E-state index in [0.29, 0.717) is 5.82 Å². The summed E-state index contributed by atoms with van der Waals surface area (Å²) in [5, 5.41) is 4.81. The summed E-state index contributed by atoms with van der Waals surface area (Å²) in [6.07, 6.45) is 1.60. The molecule has 0 fully saturated rings. The molecule has 1 aromatic heterocycles. The Labute approximate surface area is 120 Å². The predicted octanol–water partition coefficient (Wildman–Crippen LogP) is 2.10. The van der Waals surface area contributed by atoms with E-state index in [1.807, 2.05) is 42.5 Å². The number of fused-ring (bicyclic) bond motifs is 1. The Balaban J connectivity index is 1.82. The van der Waals surface area contributed by atoms with Crippen molar-refractivity contribution in [2.24, 2.45) is 0 Å². The maximum absolute atomic E-state index is 12.1. The molecule has 21 heavy (non-hydrogen) atoms. The Morgan fingerprint density at radius 1 is 1.10 bits per heavy atom. The highest BCUT2D eigenvalue weighted by molar-refractivity contribution is 5.95. The lowest BCUT2D eigenvalue weighted by Crippen LogP contribution is -2.19. The number of anilines is 1. The number of benzene rings is 2. The van der Waals surface area contributed by atoms with E-state index in [-0.39, 0.29) is 12.3 Å². The van der Waals surface area contributed by atoms with E-state index in [1.54, 1.807) is 6.07 Å². The zero-order valence-corrected chi connectivity index (χ0v) is 11.2. The number of hydrogen-bond acceptors (Lipinski definition) is 3. The Kier molecular flexibility index (Phi) is 3.47. The monoisotopic (exact) mass is 279 g/mol. The highest BCUT2D eigenvalue weighted by atomic mass is 16.2. The van der Waals surface area contributed by atoms with Crippen molar-refractivity contribution in [1.29, 1.82) is 0 Å². The van der Waals surface area contributed by atoms with E-state index in [0.717, 1.165) is 16.3 Å². The van der Waals surface area contributed by atoms with E-state index in [2.05, 4.69) is 15.3 Å². The fourth-order valence-electron chi connectivity index (χ4n) is 2.26. The van der Waals surface area contributed by atoms with Crippen molar-refractivity contribution < 1.29 is 4.79 Å². The van der Waals surface area contributed by atoms with Crippen molar-refractivity contribution in [2.45, 2.75) is 6.42 Å². The number of carbonyl (C=O) groups is 1. The van der Waals surface area contributed by atoms with E-state index in [1.165, 1.54) is 6.20 Å². The Morgan fingerprint density at radius 2 is 1.90 bits per heavy atom. The standard InChI is InChI=1S/C16H13N3O2/c20-15(18-14-8-9-17-16(21)19-14)10-12-6-3-5-11-4-1-2-7-13(11)12/h1-9H,10H2,(H2,17,18,19,20,21). The molecular weight excluding hydrogens is 266 g/mol. The predicted molar refractivity (Wildman–Crippen MR) is 81.1 cm³/mol. The molecule has 0 aliphatic heterocycles. The molecule has 2 aromatic carbocycles. The van der Waals surface area contributed by atoms with Gasteiger partial charge in [-0.2, -0.15) is 0 Å². The highest BCUT2D eigenvalue weighted by Crippen LogP contribution is 2.19. The van der Waals surface area contributed by atoms with Crippen LogP contribution in [0.1, 0.15) is 5.56 Å². The summed E-state index contributed by atoms with van der Waals surface area (Å²) >= 11 is 0. The minimum atomic E-state index is -0.488. The zero-order valence-electron chi connectivity index (χ0n) is 11.2. The molecule has 0 unspecified atom stereocenters. The molecule has 1 amide bonds. The van der Waals surface area contributed by atoms with Crippen molar-refractivity contribution in [3.05, 3.63) is 70.8 Å². The van der Waals surface area contributed by atoms with Gasteiger partial charge >= 0.3 is 5.69 Å². The number of rotatable bonds is 3. The van der Waals surface area contributed by atoms with Gasteiger partial charge in [0.15, 0.2) is 0 Å². The second-order valence-corrected chi connectivity index (χ2v) is 4.65. The van der Waals surface area contributed by atoms with Gasteiger partial charge in [-0.15, -0.1) is 0 Å². The maximum Gasteiger partial charge on any atom is 0.346 e. The molecule has 1 heterocycles. The van der Waals surface area contributed by atoms with Crippen molar-refractivity contribution in [1.82, 2.24) is 9.97 Å². The highest BCUT2D eigenvalue weighted by Gasteiger charge is 2.07. The van der Waals surface area contributed by atoms with Gasteiger partial charge in [-0.05, 0) is 22.4 Å². The number of H-pyrrole nitrogens is 1. The van der Waals surface area contributed by atoms with Crippen LogP contribution in [0, 0.1) is 0 Å². The van der Waals surface area contributed by atoms with Crippen LogP contribution < -0.4 is 11.0 Å². The first kappa shape index (κ1) is 13.1. The normalized spacial score (nSPS) is 10.5. The van der Waals surface area contributed by atoms with Crippen molar-refractivity contribution >= 4 is 22.5 Å². The number of nitrogens with one attached hydrogen (secondary N) is 2. The molecule has 0 aliphatic rings. The SMILES string of the molecule is O=C(Cc1cccc2ccccc12)Nc1ccnc(=O)[nH]1. The molecule has 3 aromatic rings. The molecule has 0 atom stereocenters. The number of aromatic nitrogens is 2. The molecule has 3 rings (SSSR count). The van der Waals surface area contributed by atoms with Crippen LogP contribution in [0.5, 0.6) is 0 Å². The lowest BCUT2D eigenvalue weighted by atomic mass is 10.0. The molecule has 0 spiro atoms. The molecule has 0 radical (unpaired) electrons. The molecule has 0 aliphatic carbocycles. The molecular formula is C16H13N3O2. The summed E-state index contributed by atoms with van der Waals surface area (Å²) in [4.78, 5) is 29.1. The first-order valence-corrected chi connectivity index (χ1v) is 6.54. The minimum absolute atomic E-state index is 0.187. The van der Waals surface area contributed by atoms with Crippen LogP contribution in [0.3, 0.4) is 0 Å². The molecule has 104 valence electrons. The third-order valence-corrected chi connectivity index (χ3v) is 3.18. The molecule has 0 saturated carbocycles. The first-order valence-electron chi connectivity index (χ1n) is 6.54. The van der Waals surface area contributed by atoms with Gasteiger partial charge in [0.25, 0.3) is 0 Å². The van der Waals surface area contributed by atoms with Crippen LogP contribution in [-0.4, -0.2) is 15.9 Å². The van der Waals surface area contributed by atoms with Crippen LogP contribution in [-0.2, 0) is 11.2 Å². The fourth-order valence-corrected chi connectivity index (χ4v) is 2.26. The van der Waals surface area contributed by atoms with Gasteiger partial charge in [-0.3, -0.25) is 9.78 Å². The van der Waals surface area contributed by atoms with Gasteiger partial charge < -0.3 is 5.32 Å². The van der Waals surface area contributed by atoms with E-state index < -0.39 is 5.69 Å². The van der Waals surface area contributed by atoms with Gasteiger partial charge in [0, 0.05) is 6.20 Å². The van der Waals surface area contributed by atoms with Gasteiger partial charge in [0.05, 0.1) is 6.42 Å². The Hall–Kier alpha value is -2.95. The van der Waals surface area contributed by atoms with Crippen LogP contribution in [0.25, 0.3) is 10.8 Å². The number of carbonyl (C=O) groups excluding carboxylic acids is 1. The van der Waals surface area contributed by atoms with Crippen LogP contribution in [0.4, 0.5) is 5.82 Å². The van der Waals surface area contributed by atoms with Gasteiger partial charge in [-0.1, -0.05) is 42.5 Å². The number of amides is 1. The fraction of sp³-hybridized carbons (Fsp3) is 0.0625. The van der Waals surface area contributed by atoms with Crippen LogP contribution in [0.2, 0.25) is 0 Å². The largest absolute Gasteiger partial charge is 0.346 e. The first-order chi connectivity index (χ1) is 10.2. The average molecular weight is 279 g/mol. The van der Waals surface area contributed by atoms with Gasteiger partial charge in [0.2, 0.25) is 5.91 Å². The van der Waals surface area contributed by atoms with Crippen molar-refractivity contribution in [3.63, 3.8) is 0 Å². The second-order valence-electron chi connectivity index (χ2n) is 4.65. The average Bonchev–Trinajstić information content (AvgIpc) is 2.47. The van der Waals surface area contributed by atoms with Crippen LogP contribution >= 0.6 is 0 Å². The summed E-state index contributed by atoms with van der Waals surface area (Å²) in [5.41, 5.74) is 0.458. The Morgan fingerprint density at radius 3 is 2.76 bits per heavy atom. The quantitative estimate of drug-likeness (QED) is 0.771. The topological polar surface area (TPSA) is 74.8 Å². The van der Waals surface area contributed by atoms with Crippen molar-refractivity contribution in [3.8, 4) is 0 Å². The summed E-state index contributed by atoms with van der Waals surface area (Å²) in [7, 11) is 0. The summed E-state index contributed by atoms with van der Waals surface area (Å²) in [6, 6.07) is 15.3. The third kappa shape index (κ3) is 2.97. The minimum Gasteiger partial charge on any atom is -0.312 e. The summed E-state index contributed by atoms with van der Waals surface area (Å²) in [5.74, 6) is 0.161. The number of aromatic amines is 1.